The summed E-state index contributed by atoms with van der Waals surface area (Å²) in [4.78, 5) is 92.0. The van der Waals surface area contributed by atoms with Crippen LogP contribution in [0.4, 0.5) is 16.3 Å². The number of piperidine rings is 1. The monoisotopic (exact) mass is 1120 g/mol. The summed E-state index contributed by atoms with van der Waals surface area (Å²) in [6.07, 6.45) is 16.5. The second-order valence-corrected chi connectivity index (χ2v) is 23.0. The molecule has 21 heteroatoms. The minimum atomic E-state index is -1.22. The van der Waals surface area contributed by atoms with Gasteiger partial charge in [-0.3, -0.25) is 43.7 Å². The van der Waals surface area contributed by atoms with Gasteiger partial charge in [-0.25, -0.2) is 19.7 Å². The molecule has 7 amide bonds. The number of rotatable bonds is 33. The van der Waals surface area contributed by atoms with Crippen molar-refractivity contribution in [2.75, 3.05) is 50.0 Å². The van der Waals surface area contributed by atoms with E-state index in [1.807, 2.05) is 24.3 Å². The summed E-state index contributed by atoms with van der Waals surface area (Å²) >= 11 is 0. The summed E-state index contributed by atoms with van der Waals surface area (Å²) in [7, 11) is 0. The van der Waals surface area contributed by atoms with Gasteiger partial charge in [0.05, 0.1) is 24.1 Å². The Kier molecular flexibility index (Phi) is 23.4. The third-order valence-corrected chi connectivity index (χ3v) is 15.5. The number of nitrogens with one attached hydrogen (secondary N) is 5. The molecule has 7 N–H and O–H groups in total. The van der Waals surface area contributed by atoms with Crippen molar-refractivity contribution in [3.63, 3.8) is 0 Å². The topological polar surface area (TPSA) is 272 Å². The van der Waals surface area contributed by atoms with E-state index >= 15 is 0 Å². The fourth-order valence-electron chi connectivity index (χ4n) is 10.7. The third kappa shape index (κ3) is 17.5. The normalized spacial score (nSPS) is 19.2. The van der Waals surface area contributed by atoms with E-state index in [9.17, 15) is 39.0 Å². The molecule has 21 nitrogen and oxygen atoms in total. The summed E-state index contributed by atoms with van der Waals surface area (Å²) < 4.78 is 13.9. The number of hydrogen-bond acceptors (Lipinski definition) is 15. The Morgan fingerprint density at radius 2 is 1.46 bits per heavy atom. The van der Waals surface area contributed by atoms with Crippen molar-refractivity contribution in [2.24, 2.45) is 0 Å². The van der Waals surface area contributed by atoms with Crippen LogP contribution in [0.25, 0.3) is 11.2 Å². The number of imidazole rings is 1. The summed E-state index contributed by atoms with van der Waals surface area (Å²) in [5.41, 5.74) is 3.34. The molecule has 4 aromatic rings. The fraction of sp³-hybridized carbons (Fsp3) is 0.617. The lowest BCUT2D eigenvalue weighted by atomic mass is 9.87. The number of benzene rings is 2. The van der Waals surface area contributed by atoms with Gasteiger partial charge in [0.15, 0.2) is 23.2 Å². The molecule has 0 radical (unpaired) electrons. The number of unbranched alkanes of at least 4 members (excludes halogenated alkanes) is 13. The fourth-order valence-corrected chi connectivity index (χ4v) is 10.7. The maximum Gasteiger partial charge on any atom is 0.319 e. The van der Waals surface area contributed by atoms with Crippen molar-refractivity contribution in [1.82, 2.24) is 45.3 Å². The molecule has 0 saturated carbocycles. The van der Waals surface area contributed by atoms with Crippen LogP contribution in [0.3, 0.4) is 0 Å². The van der Waals surface area contributed by atoms with Crippen molar-refractivity contribution < 1.29 is 48.5 Å². The van der Waals surface area contributed by atoms with Crippen molar-refractivity contribution in [3.8, 4) is 5.75 Å². The average Bonchev–Trinajstić information content (AvgIpc) is 4.31. The minimum Gasteiger partial charge on any atom is -0.493 e. The van der Waals surface area contributed by atoms with E-state index in [1.54, 1.807) is 29.1 Å². The smallest absolute Gasteiger partial charge is 0.319 e. The highest BCUT2D eigenvalue weighted by atomic mass is 16.6. The minimum absolute atomic E-state index is 0.0290. The highest BCUT2D eigenvalue weighted by Crippen LogP contribution is 2.35. The van der Waals surface area contributed by atoms with Crippen molar-refractivity contribution in [2.45, 2.75) is 199 Å². The number of anilines is 2. The van der Waals surface area contributed by atoms with E-state index in [4.69, 9.17) is 9.47 Å². The molecule has 442 valence electrons. The van der Waals surface area contributed by atoms with Crippen molar-refractivity contribution in [1.29, 1.82) is 0 Å². The first-order valence-electron chi connectivity index (χ1n) is 29.6. The molecule has 7 rings (SSSR count). The second kappa shape index (κ2) is 30.5. The Morgan fingerprint density at radius 1 is 0.790 bits per heavy atom. The van der Waals surface area contributed by atoms with Gasteiger partial charge in [0.2, 0.25) is 17.7 Å². The van der Waals surface area contributed by atoms with Crippen LogP contribution in [-0.2, 0) is 24.5 Å². The molecule has 5 heterocycles. The quantitative estimate of drug-likeness (QED) is 0.0176. The zero-order chi connectivity index (χ0) is 57.9. The van der Waals surface area contributed by atoms with Crippen LogP contribution in [0.1, 0.15) is 189 Å². The maximum atomic E-state index is 13.3. The van der Waals surface area contributed by atoms with Gasteiger partial charge in [-0.05, 0) is 87.6 Å². The molecule has 0 bridgehead atoms. The lowest BCUT2D eigenvalue weighted by Gasteiger charge is -2.30. The zero-order valence-electron chi connectivity index (χ0n) is 48.2. The van der Waals surface area contributed by atoms with Gasteiger partial charge in [-0.15, -0.1) is 0 Å². The number of urea groups is 1. The predicted octanol–water partition coefficient (Wildman–Crippen LogP) is 7.92. The summed E-state index contributed by atoms with van der Waals surface area (Å²) in [5.74, 6) is -1.16. The molecule has 1 unspecified atom stereocenters. The van der Waals surface area contributed by atoms with Crippen molar-refractivity contribution >= 4 is 58.2 Å². The highest BCUT2D eigenvalue weighted by Gasteiger charge is 2.47. The molecule has 2 fully saturated rings. The standard InChI is InChI=1S/C60H87N11O10/c1-40(2)69(35-22-34-63-59(79)67-42-28-26-41(27-29-42)60(3,4)5)37-46-51(74)52(75)58(81-46)70-39-66-50-53(64-38-65-54(50)70)62-33-19-18-32-61-47(72)25-17-15-13-11-9-7-6-8-10-12-14-16-20-36-80-45-24-21-23-43-49(45)57(78)71(56(43)77)44-30-31-48(73)68-55(44)76/h21,23-24,26-29,38-40,44,46,51-52,58,74-75H,6-20,22,25,30-37H2,1-5H3,(H,61,72)(H,62,64,65)(H2,63,67,79)(H,68,73,76)/t44?,46-,51+,52+,58-/m1/s1. The summed E-state index contributed by atoms with van der Waals surface area (Å²) in [6.45, 7) is 13.7. The highest BCUT2D eigenvalue weighted by molar-refractivity contribution is 6.24. The van der Waals surface area contributed by atoms with E-state index in [0.717, 1.165) is 68.4 Å². The number of amides is 7. The van der Waals surface area contributed by atoms with Gasteiger partial charge >= 0.3 is 6.03 Å². The van der Waals surface area contributed by atoms with Crippen LogP contribution >= 0.6 is 0 Å². The third-order valence-electron chi connectivity index (χ3n) is 15.5. The second-order valence-electron chi connectivity index (χ2n) is 23.0. The number of ether oxygens (including phenoxy) is 2. The molecule has 3 aliphatic rings. The number of hydrogen-bond donors (Lipinski definition) is 7. The lowest BCUT2D eigenvalue weighted by Crippen LogP contribution is -2.54. The summed E-state index contributed by atoms with van der Waals surface area (Å²) in [5, 5.41) is 36.8. The van der Waals surface area contributed by atoms with E-state index in [-0.39, 0.29) is 47.4 Å². The molecule has 0 aliphatic carbocycles. The van der Waals surface area contributed by atoms with Crippen LogP contribution in [0.5, 0.6) is 5.75 Å². The summed E-state index contributed by atoms with van der Waals surface area (Å²) in [6, 6.07) is 11.6. The Labute approximate surface area is 476 Å². The van der Waals surface area contributed by atoms with Crippen LogP contribution < -0.4 is 31.3 Å². The van der Waals surface area contributed by atoms with Gasteiger partial charge < -0.3 is 41.0 Å². The number of carbonyl (C=O) groups is 6. The molecule has 81 heavy (non-hydrogen) atoms. The van der Waals surface area contributed by atoms with Crippen LogP contribution in [-0.4, -0.2) is 145 Å². The van der Waals surface area contributed by atoms with Gasteiger partial charge in [0.25, 0.3) is 11.8 Å². The number of nitrogens with zero attached hydrogens (tertiary/aromatic N) is 6. The number of aromatic nitrogens is 4. The van der Waals surface area contributed by atoms with Gasteiger partial charge in [-0.1, -0.05) is 110 Å². The Bertz CT molecular complexity index is 2730. The maximum absolute atomic E-state index is 13.3. The average molecular weight is 1120 g/mol. The number of carbonyl (C=O) groups excluding carboxylic acids is 6. The van der Waals surface area contributed by atoms with Gasteiger partial charge in [-0.2, -0.15) is 0 Å². The van der Waals surface area contributed by atoms with E-state index < -0.39 is 54.2 Å². The first-order valence-corrected chi connectivity index (χ1v) is 29.6. The molecule has 5 atom stereocenters. The Balaban J connectivity index is 0.675. The molecule has 0 spiro atoms. The Hall–Kier alpha value is -6.55. The molecule has 2 aromatic carbocycles. The van der Waals surface area contributed by atoms with E-state index in [0.29, 0.717) is 74.9 Å². The van der Waals surface area contributed by atoms with Crippen LogP contribution in [0.15, 0.2) is 55.1 Å². The molecule has 3 aliphatic heterocycles. The molecule has 2 aromatic heterocycles. The molecular weight excluding hydrogens is 1030 g/mol. The van der Waals surface area contributed by atoms with E-state index in [2.05, 4.69) is 81.1 Å². The number of aliphatic hydroxyl groups excluding tert-OH is 2. The van der Waals surface area contributed by atoms with Gasteiger partial charge in [0.1, 0.15) is 36.4 Å². The largest absolute Gasteiger partial charge is 0.493 e. The van der Waals surface area contributed by atoms with E-state index in [1.165, 1.54) is 50.4 Å². The van der Waals surface area contributed by atoms with Gasteiger partial charge in [0, 0.05) is 57.3 Å². The number of imide groups is 2. The SMILES string of the molecule is CC(C)N(CCCNC(=O)Nc1ccc(C(C)(C)C)cc1)C[C@H]1O[C@@H](n2cnc3c(NCCCCNC(=O)CCCCCCCCCCCCCCCOc4cccc5c4C(=O)N(C4CCC(=O)NC4=O)C5=O)ncnc32)[C@@H](O)[C@H]1O. The Morgan fingerprint density at radius 3 is 2.14 bits per heavy atom. The van der Waals surface area contributed by atoms with Crippen molar-refractivity contribution in [3.05, 3.63) is 71.8 Å². The van der Waals surface area contributed by atoms with Crippen LogP contribution in [0, 0.1) is 0 Å². The zero-order valence-corrected chi connectivity index (χ0v) is 48.2. The number of aliphatic hydroxyl groups is 2. The first-order chi connectivity index (χ1) is 39.0. The predicted molar refractivity (Wildman–Crippen MR) is 309 cm³/mol. The number of fused-ring (bicyclic) bond motifs is 2. The first kappa shape index (κ1) is 62.1. The molecular formula is C60H87N11O10. The van der Waals surface area contributed by atoms with Crippen LogP contribution in [0.2, 0.25) is 0 Å². The lowest BCUT2D eigenvalue weighted by molar-refractivity contribution is -0.136. The molecule has 2 saturated heterocycles.